The van der Waals surface area contributed by atoms with E-state index in [4.69, 9.17) is 4.74 Å². The Morgan fingerprint density at radius 1 is 1.43 bits per heavy atom. The molecule has 0 aromatic rings. The fourth-order valence-electron chi connectivity index (χ4n) is 1.77. The van der Waals surface area contributed by atoms with E-state index in [0.717, 1.165) is 19.0 Å². The van der Waals surface area contributed by atoms with Crippen LogP contribution >= 0.6 is 0 Å². The van der Waals surface area contributed by atoms with Gasteiger partial charge < -0.3 is 4.74 Å². The summed E-state index contributed by atoms with van der Waals surface area (Å²) in [4.78, 5) is 11.6. The normalized spacial score (nSPS) is 30.9. The molecule has 0 radical (unpaired) electrons. The van der Waals surface area contributed by atoms with Crippen molar-refractivity contribution in [2.75, 3.05) is 13.1 Å². The predicted octanol–water partition coefficient (Wildman–Crippen LogP) is 1.38. The Hall–Kier alpha value is -0.770. The van der Waals surface area contributed by atoms with Gasteiger partial charge in [0.2, 0.25) is 0 Å². The Kier molecular flexibility index (Phi) is 2.18. The molecule has 14 heavy (non-hydrogen) atoms. The van der Waals surface area contributed by atoms with Crippen molar-refractivity contribution in [1.82, 2.24) is 10.4 Å². The Morgan fingerprint density at radius 2 is 2.14 bits per heavy atom. The topological polar surface area (TPSA) is 41.6 Å². The Labute approximate surface area is 84.6 Å². The van der Waals surface area contributed by atoms with E-state index in [1.54, 1.807) is 5.01 Å². The third-order valence-electron chi connectivity index (χ3n) is 2.64. The lowest BCUT2D eigenvalue weighted by atomic mass is 10.2. The first-order valence-corrected chi connectivity index (χ1v) is 5.20. The lowest BCUT2D eigenvalue weighted by Gasteiger charge is -2.30. The second kappa shape index (κ2) is 3.12. The van der Waals surface area contributed by atoms with E-state index >= 15 is 0 Å². The molecule has 1 saturated heterocycles. The van der Waals surface area contributed by atoms with Gasteiger partial charge in [0, 0.05) is 13.1 Å². The van der Waals surface area contributed by atoms with Gasteiger partial charge in [0.05, 0.1) is 0 Å². The highest BCUT2D eigenvalue weighted by Crippen LogP contribution is 2.40. The Balaban J connectivity index is 1.85. The zero-order valence-electron chi connectivity index (χ0n) is 9.04. The molecule has 4 nitrogen and oxygen atoms in total. The average Bonchev–Trinajstić information content (AvgIpc) is 2.77. The first kappa shape index (κ1) is 9.77. The standard InChI is InChI=1S/C10H18N2O2/c1-10(2,3)14-9(13)12-6-8-4-7(8)5-11-12/h7-8,11H,4-6H2,1-3H3/t7-,8+/m0/s1. The molecule has 0 aromatic carbocycles. The van der Waals surface area contributed by atoms with Crippen molar-refractivity contribution in [3.63, 3.8) is 0 Å². The summed E-state index contributed by atoms with van der Waals surface area (Å²) in [6, 6.07) is 0. The third-order valence-corrected chi connectivity index (χ3v) is 2.64. The smallest absolute Gasteiger partial charge is 0.424 e. The van der Waals surface area contributed by atoms with Crippen LogP contribution in [0.15, 0.2) is 0 Å². The van der Waals surface area contributed by atoms with E-state index in [1.807, 2.05) is 20.8 Å². The van der Waals surface area contributed by atoms with Crippen LogP contribution in [0.25, 0.3) is 0 Å². The molecule has 4 heteroatoms. The molecule has 0 aromatic heterocycles. The maximum Gasteiger partial charge on any atom is 0.424 e. The van der Waals surface area contributed by atoms with Crippen molar-refractivity contribution in [3.8, 4) is 0 Å². The lowest BCUT2D eigenvalue weighted by Crippen LogP contribution is -2.50. The number of nitrogens with zero attached hydrogens (tertiary/aromatic N) is 1. The maximum absolute atomic E-state index is 11.6. The van der Waals surface area contributed by atoms with E-state index < -0.39 is 5.60 Å². The number of hydrazine groups is 1. The molecule has 1 aliphatic carbocycles. The van der Waals surface area contributed by atoms with Crippen molar-refractivity contribution in [2.45, 2.75) is 32.8 Å². The van der Waals surface area contributed by atoms with Crippen LogP contribution < -0.4 is 5.43 Å². The van der Waals surface area contributed by atoms with Crippen LogP contribution in [0.5, 0.6) is 0 Å². The van der Waals surface area contributed by atoms with Gasteiger partial charge in [-0.15, -0.1) is 0 Å². The molecule has 1 N–H and O–H groups in total. The van der Waals surface area contributed by atoms with Gasteiger partial charge in [0.1, 0.15) is 5.60 Å². The Bertz CT molecular complexity index is 247. The molecule has 1 aliphatic heterocycles. The van der Waals surface area contributed by atoms with Gasteiger partial charge in [-0.1, -0.05) is 0 Å². The van der Waals surface area contributed by atoms with Gasteiger partial charge >= 0.3 is 6.09 Å². The molecule has 2 atom stereocenters. The minimum atomic E-state index is -0.404. The Morgan fingerprint density at radius 3 is 2.71 bits per heavy atom. The quantitative estimate of drug-likeness (QED) is 0.639. The molecule has 1 amide bonds. The van der Waals surface area contributed by atoms with Gasteiger partial charge in [-0.3, -0.25) is 0 Å². The number of ether oxygens (including phenoxy) is 1. The van der Waals surface area contributed by atoms with E-state index in [-0.39, 0.29) is 6.09 Å². The van der Waals surface area contributed by atoms with Gasteiger partial charge in [0.25, 0.3) is 0 Å². The molecular formula is C10H18N2O2. The minimum absolute atomic E-state index is 0.247. The molecule has 0 spiro atoms. The lowest BCUT2D eigenvalue weighted by molar-refractivity contribution is 0.00782. The number of nitrogens with one attached hydrogen (secondary N) is 1. The van der Waals surface area contributed by atoms with Crippen molar-refractivity contribution < 1.29 is 9.53 Å². The molecule has 0 bridgehead atoms. The van der Waals surface area contributed by atoms with Crippen molar-refractivity contribution in [1.29, 1.82) is 0 Å². The fourth-order valence-corrected chi connectivity index (χ4v) is 1.77. The molecule has 1 heterocycles. The number of carbonyl (C=O) groups excluding carboxylic acids is 1. The summed E-state index contributed by atoms with van der Waals surface area (Å²) in [7, 11) is 0. The summed E-state index contributed by atoms with van der Waals surface area (Å²) < 4.78 is 5.27. The minimum Gasteiger partial charge on any atom is -0.443 e. The zero-order chi connectivity index (χ0) is 10.3. The summed E-state index contributed by atoms with van der Waals surface area (Å²) in [5.41, 5.74) is 2.69. The first-order chi connectivity index (χ1) is 6.46. The van der Waals surface area contributed by atoms with Crippen molar-refractivity contribution in [3.05, 3.63) is 0 Å². The number of amides is 1. The SMILES string of the molecule is CC(C)(C)OC(=O)N1C[C@H]2C[C@H]2CN1. The second-order valence-electron chi connectivity index (χ2n) is 5.21. The summed E-state index contributed by atoms with van der Waals surface area (Å²) in [6.07, 6.45) is 1.01. The van der Waals surface area contributed by atoms with Crippen LogP contribution in [0.2, 0.25) is 0 Å². The van der Waals surface area contributed by atoms with Crippen LogP contribution in [-0.4, -0.2) is 29.8 Å². The van der Waals surface area contributed by atoms with Crippen LogP contribution in [0.4, 0.5) is 4.79 Å². The van der Waals surface area contributed by atoms with Gasteiger partial charge in [-0.05, 0) is 39.0 Å². The molecule has 2 rings (SSSR count). The van der Waals surface area contributed by atoms with E-state index in [9.17, 15) is 4.79 Å². The maximum atomic E-state index is 11.6. The van der Waals surface area contributed by atoms with Crippen LogP contribution in [0.1, 0.15) is 27.2 Å². The predicted molar refractivity (Wildman–Crippen MR) is 52.5 cm³/mol. The number of hydrogen-bond donors (Lipinski definition) is 1. The highest BCUT2D eigenvalue weighted by Gasteiger charge is 2.43. The number of hydrogen-bond acceptors (Lipinski definition) is 3. The summed E-state index contributed by atoms with van der Waals surface area (Å²) in [6.45, 7) is 7.38. The molecular weight excluding hydrogens is 180 g/mol. The molecule has 0 unspecified atom stereocenters. The summed E-state index contributed by atoms with van der Waals surface area (Å²) in [5, 5.41) is 1.61. The number of carbonyl (C=O) groups is 1. The van der Waals surface area contributed by atoms with Crippen LogP contribution in [0.3, 0.4) is 0 Å². The molecule has 2 fully saturated rings. The third kappa shape index (κ3) is 2.18. The van der Waals surface area contributed by atoms with E-state index in [0.29, 0.717) is 5.92 Å². The average molecular weight is 198 g/mol. The highest BCUT2D eigenvalue weighted by molar-refractivity contribution is 5.67. The van der Waals surface area contributed by atoms with Crippen molar-refractivity contribution >= 4 is 6.09 Å². The molecule has 80 valence electrons. The van der Waals surface area contributed by atoms with Gasteiger partial charge in [-0.25, -0.2) is 15.2 Å². The second-order valence-corrected chi connectivity index (χ2v) is 5.21. The van der Waals surface area contributed by atoms with Crippen molar-refractivity contribution in [2.24, 2.45) is 11.8 Å². The molecule has 2 aliphatic rings. The van der Waals surface area contributed by atoms with Crippen LogP contribution in [0, 0.1) is 11.8 Å². The fraction of sp³-hybridized carbons (Fsp3) is 0.900. The number of rotatable bonds is 0. The monoisotopic (exact) mass is 198 g/mol. The molecule has 1 saturated carbocycles. The summed E-state index contributed by atoms with van der Waals surface area (Å²) in [5.74, 6) is 1.51. The zero-order valence-corrected chi connectivity index (χ0v) is 9.04. The van der Waals surface area contributed by atoms with Gasteiger partial charge in [0.15, 0.2) is 0 Å². The largest absolute Gasteiger partial charge is 0.443 e. The van der Waals surface area contributed by atoms with E-state index in [1.165, 1.54) is 6.42 Å². The highest BCUT2D eigenvalue weighted by atomic mass is 16.6. The summed E-state index contributed by atoms with van der Waals surface area (Å²) >= 11 is 0. The first-order valence-electron chi connectivity index (χ1n) is 5.20. The number of fused-ring (bicyclic) bond motifs is 1. The van der Waals surface area contributed by atoms with Gasteiger partial charge in [-0.2, -0.15) is 0 Å². The van der Waals surface area contributed by atoms with Crippen LogP contribution in [-0.2, 0) is 4.74 Å². The van der Waals surface area contributed by atoms with E-state index in [2.05, 4.69) is 5.43 Å².